The number of halogens is 1. The Labute approximate surface area is 124 Å². The van der Waals surface area contributed by atoms with Crippen molar-refractivity contribution in [2.75, 3.05) is 11.9 Å². The predicted molar refractivity (Wildman–Crippen MR) is 81.2 cm³/mol. The number of nitrogens with zero attached hydrogens (tertiary/aromatic N) is 2. The number of furan rings is 1. The number of hydrogen-bond donors (Lipinski definition) is 1. The molecule has 0 aliphatic carbocycles. The van der Waals surface area contributed by atoms with Crippen LogP contribution in [0.25, 0.3) is 17.1 Å². The van der Waals surface area contributed by atoms with Crippen LogP contribution in [0.3, 0.4) is 0 Å². The molecule has 3 heterocycles. The quantitative estimate of drug-likeness (QED) is 0.776. The highest BCUT2D eigenvalue weighted by atomic mass is 79.9. The molecule has 2 aromatic heterocycles. The normalized spacial score (nSPS) is 13.2. The molecule has 0 atom stereocenters. The summed E-state index contributed by atoms with van der Waals surface area (Å²) >= 11 is 3.59. The van der Waals surface area contributed by atoms with Crippen LogP contribution in [0.4, 0.5) is 5.82 Å². The van der Waals surface area contributed by atoms with Gasteiger partial charge in [0.15, 0.2) is 5.76 Å². The fourth-order valence-electron chi connectivity index (χ4n) is 2.58. The summed E-state index contributed by atoms with van der Waals surface area (Å²) in [6.07, 6.45) is 2.65. The van der Waals surface area contributed by atoms with Gasteiger partial charge < -0.3 is 9.73 Å². The van der Waals surface area contributed by atoms with E-state index in [1.165, 1.54) is 5.56 Å². The maximum Gasteiger partial charge on any atom is 0.154 e. The molecule has 0 unspecified atom stereocenters. The smallest absolute Gasteiger partial charge is 0.154 e. The van der Waals surface area contributed by atoms with Gasteiger partial charge in [0.05, 0.1) is 12.0 Å². The van der Waals surface area contributed by atoms with E-state index in [4.69, 9.17) is 9.52 Å². The molecule has 1 N–H and O–H groups in total. The summed E-state index contributed by atoms with van der Waals surface area (Å²) in [6.45, 7) is 0.936. The molecular formula is C15H12BrN3O. The molecule has 0 bridgehead atoms. The maximum atomic E-state index is 5.51. The summed E-state index contributed by atoms with van der Waals surface area (Å²) in [6, 6.07) is 11.9. The zero-order valence-corrected chi connectivity index (χ0v) is 12.2. The van der Waals surface area contributed by atoms with Crippen molar-refractivity contribution in [1.29, 1.82) is 0 Å². The molecule has 0 fully saturated rings. The Morgan fingerprint density at radius 2 is 2.10 bits per heavy atom. The minimum atomic E-state index is 0.816. The van der Waals surface area contributed by atoms with Crippen LogP contribution < -0.4 is 5.32 Å². The van der Waals surface area contributed by atoms with Crippen LogP contribution in [0.1, 0.15) is 5.56 Å². The lowest BCUT2D eigenvalue weighted by molar-refractivity contribution is 0.578. The predicted octanol–water partition coefficient (Wildman–Crippen LogP) is 3.86. The number of fused-ring (bicyclic) bond motifs is 1. The number of benzene rings is 1. The van der Waals surface area contributed by atoms with Crippen LogP contribution in [-0.2, 0) is 6.42 Å². The van der Waals surface area contributed by atoms with Crippen LogP contribution >= 0.6 is 15.9 Å². The summed E-state index contributed by atoms with van der Waals surface area (Å²) in [5, 5.41) is 8.15. The van der Waals surface area contributed by atoms with Crippen molar-refractivity contribution in [1.82, 2.24) is 9.78 Å². The number of para-hydroxylation sites is 1. The molecule has 4 rings (SSSR count). The van der Waals surface area contributed by atoms with Crippen molar-refractivity contribution in [3.8, 4) is 17.1 Å². The molecule has 1 aliphatic rings. The molecule has 0 amide bonds. The van der Waals surface area contributed by atoms with Crippen LogP contribution in [0.15, 0.2) is 51.6 Å². The van der Waals surface area contributed by atoms with Crippen LogP contribution in [0, 0.1) is 0 Å². The van der Waals surface area contributed by atoms with E-state index in [2.05, 4.69) is 21.2 Å². The highest BCUT2D eigenvalue weighted by molar-refractivity contribution is 9.10. The van der Waals surface area contributed by atoms with Crippen molar-refractivity contribution in [2.45, 2.75) is 6.42 Å². The van der Waals surface area contributed by atoms with Crippen molar-refractivity contribution >= 4 is 21.7 Å². The molecule has 0 spiro atoms. The number of hydrogen-bond acceptors (Lipinski definition) is 3. The number of nitrogens with one attached hydrogen (secondary N) is 1. The lowest BCUT2D eigenvalue weighted by Crippen LogP contribution is -2.04. The maximum absolute atomic E-state index is 5.51. The molecule has 5 heteroatoms. The molecule has 0 radical (unpaired) electrons. The minimum Gasteiger partial charge on any atom is -0.463 e. The van der Waals surface area contributed by atoms with Gasteiger partial charge in [-0.15, -0.1) is 0 Å². The van der Waals surface area contributed by atoms with Crippen LogP contribution in [0.5, 0.6) is 0 Å². The minimum absolute atomic E-state index is 0.816. The van der Waals surface area contributed by atoms with E-state index >= 15 is 0 Å². The number of anilines is 1. The first-order valence-electron chi connectivity index (χ1n) is 6.49. The van der Waals surface area contributed by atoms with Gasteiger partial charge >= 0.3 is 0 Å². The molecule has 4 nitrogen and oxygen atoms in total. The standard InChI is InChI=1S/C15H12BrN3O/c16-11-4-1-2-5-12(11)19-15-10(7-8-17-15)14(18-19)13-6-3-9-20-13/h1-6,9,17H,7-8H2. The van der Waals surface area contributed by atoms with Crippen molar-refractivity contribution in [2.24, 2.45) is 0 Å². The first-order valence-corrected chi connectivity index (χ1v) is 7.28. The van der Waals surface area contributed by atoms with Gasteiger partial charge in [-0.2, -0.15) is 5.10 Å². The summed E-state index contributed by atoms with van der Waals surface area (Å²) in [5.41, 5.74) is 3.16. The van der Waals surface area contributed by atoms with Gasteiger partial charge in [0.1, 0.15) is 11.5 Å². The lowest BCUT2D eigenvalue weighted by atomic mass is 10.2. The molecule has 20 heavy (non-hydrogen) atoms. The van der Waals surface area contributed by atoms with Crippen molar-refractivity contribution in [3.63, 3.8) is 0 Å². The van der Waals surface area contributed by atoms with E-state index in [0.29, 0.717) is 0 Å². The Kier molecular flexibility index (Phi) is 2.67. The third-order valence-electron chi connectivity index (χ3n) is 3.49. The van der Waals surface area contributed by atoms with Gasteiger partial charge in [0, 0.05) is 16.6 Å². The second-order valence-electron chi connectivity index (χ2n) is 4.69. The third-order valence-corrected chi connectivity index (χ3v) is 4.16. The van der Waals surface area contributed by atoms with E-state index in [1.807, 2.05) is 41.1 Å². The molecule has 0 saturated heterocycles. The van der Waals surface area contributed by atoms with E-state index < -0.39 is 0 Å². The van der Waals surface area contributed by atoms with Crippen molar-refractivity contribution in [3.05, 3.63) is 52.7 Å². The SMILES string of the molecule is Brc1ccccc1-n1nc(-c2ccco2)c2c1NCC2. The molecule has 1 aromatic carbocycles. The lowest BCUT2D eigenvalue weighted by Gasteiger charge is -2.07. The second-order valence-corrected chi connectivity index (χ2v) is 5.55. The fourth-order valence-corrected chi connectivity index (χ4v) is 3.04. The van der Waals surface area contributed by atoms with Gasteiger partial charge in [-0.05, 0) is 46.6 Å². The van der Waals surface area contributed by atoms with Crippen LogP contribution in [-0.4, -0.2) is 16.3 Å². The van der Waals surface area contributed by atoms with Gasteiger partial charge in [0.25, 0.3) is 0 Å². The Morgan fingerprint density at radius 3 is 2.90 bits per heavy atom. The summed E-state index contributed by atoms with van der Waals surface area (Å²) < 4.78 is 8.48. The Morgan fingerprint density at radius 1 is 1.20 bits per heavy atom. The zero-order chi connectivity index (χ0) is 13.5. The Bertz CT molecular complexity index is 762. The average Bonchev–Trinajstić information content (AvgIpc) is 3.16. The summed E-state index contributed by atoms with van der Waals surface area (Å²) in [5.74, 6) is 1.87. The zero-order valence-electron chi connectivity index (χ0n) is 10.6. The van der Waals surface area contributed by atoms with E-state index in [1.54, 1.807) is 6.26 Å². The molecular weight excluding hydrogens is 318 g/mol. The largest absolute Gasteiger partial charge is 0.463 e. The second kappa shape index (κ2) is 4.52. The molecule has 0 saturated carbocycles. The molecule has 100 valence electrons. The van der Waals surface area contributed by atoms with Gasteiger partial charge in [0.2, 0.25) is 0 Å². The number of aromatic nitrogens is 2. The highest BCUT2D eigenvalue weighted by Crippen LogP contribution is 2.36. The van der Waals surface area contributed by atoms with Gasteiger partial charge in [-0.25, -0.2) is 4.68 Å². The first kappa shape index (κ1) is 11.8. The van der Waals surface area contributed by atoms with Crippen molar-refractivity contribution < 1.29 is 4.42 Å². The van der Waals surface area contributed by atoms with E-state index in [9.17, 15) is 0 Å². The molecule has 3 aromatic rings. The monoisotopic (exact) mass is 329 g/mol. The van der Waals surface area contributed by atoms with Crippen LogP contribution in [0.2, 0.25) is 0 Å². The summed E-state index contributed by atoms with van der Waals surface area (Å²) in [7, 11) is 0. The third kappa shape index (κ3) is 1.70. The number of rotatable bonds is 2. The average molecular weight is 330 g/mol. The Balaban J connectivity index is 1.94. The molecule has 1 aliphatic heterocycles. The Hall–Kier alpha value is -2.01. The van der Waals surface area contributed by atoms with Gasteiger partial charge in [-0.1, -0.05) is 12.1 Å². The van der Waals surface area contributed by atoms with Gasteiger partial charge in [-0.3, -0.25) is 0 Å². The first-order chi connectivity index (χ1) is 9.84. The fraction of sp³-hybridized carbons (Fsp3) is 0.133. The van der Waals surface area contributed by atoms with E-state index in [0.717, 1.165) is 40.4 Å². The topological polar surface area (TPSA) is 43.0 Å². The highest BCUT2D eigenvalue weighted by Gasteiger charge is 2.25. The summed E-state index contributed by atoms with van der Waals surface area (Å²) in [4.78, 5) is 0. The van der Waals surface area contributed by atoms with E-state index in [-0.39, 0.29) is 0 Å².